The maximum absolute atomic E-state index is 13.3. The van der Waals surface area contributed by atoms with Crippen LogP contribution in [-0.4, -0.2) is 34.4 Å². The van der Waals surface area contributed by atoms with Gasteiger partial charge in [-0.1, -0.05) is 43.2 Å². The van der Waals surface area contributed by atoms with E-state index in [1.54, 1.807) is 0 Å². The molecule has 6 nitrogen and oxygen atoms in total. The molecule has 2 saturated carbocycles. The van der Waals surface area contributed by atoms with E-state index >= 15 is 0 Å². The average molecular weight is 404 g/mol. The predicted octanol–water partition coefficient (Wildman–Crippen LogP) is 4.10. The molecule has 0 radical (unpaired) electrons. The molecule has 2 aliphatic rings. The van der Waals surface area contributed by atoms with Gasteiger partial charge in [-0.2, -0.15) is 0 Å². The molecule has 29 heavy (non-hydrogen) atoms. The number of hydrogen-bond acceptors (Lipinski definition) is 5. The molecule has 0 spiro atoms. The van der Waals surface area contributed by atoms with Crippen LogP contribution in [0.4, 0.5) is 4.79 Å². The molecule has 2 fully saturated rings. The highest BCUT2D eigenvalue weighted by Crippen LogP contribution is 2.54. The fourth-order valence-corrected chi connectivity index (χ4v) is 4.74. The molecule has 1 aromatic carbocycles. The van der Waals surface area contributed by atoms with Crippen LogP contribution in [0.3, 0.4) is 0 Å². The van der Waals surface area contributed by atoms with Crippen LogP contribution in [0.5, 0.6) is 0 Å². The number of ether oxygens (including phenoxy) is 2. The molecule has 2 N–H and O–H groups in total. The van der Waals surface area contributed by atoms with E-state index in [4.69, 9.17) is 9.47 Å². The number of hydrogen-bond donors (Lipinski definition) is 2. The maximum atomic E-state index is 13.3. The SMILES string of the molecule is CC(C)(C)OC(=O)N[C@@H]1CC[C@@](C(=O)OCc2ccccc2)(C2(O)CCCC2)C1. The Bertz CT molecular complexity index is 721. The van der Waals surface area contributed by atoms with Gasteiger partial charge in [0.2, 0.25) is 0 Å². The lowest BCUT2D eigenvalue weighted by atomic mass is 9.69. The van der Waals surface area contributed by atoms with Gasteiger partial charge in [0.25, 0.3) is 0 Å². The Morgan fingerprint density at radius 3 is 2.41 bits per heavy atom. The van der Waals surface area contributed by atoms with E-state index in [-0.39, 0.29) is 18.6 Å². The standard InChI is InChI=1S/C23H33NO5/c1-21(2,3)29-20(26)24-18-11-14-22(15-18,23(27)12-7-8-13-23)19(25)28-16-17-9-5-4-6-10-17/h4-6,9-10,18,27H,7-8,11-16H2,1-3H3,(H,24,26)/t18-,22-/m1/s1. The molecule has 0 heterocycles. The molecule has 0 saturated heterocycles. The van der Waals surface area contributed by atoms with Gasteiger partial charge in [-0.05, 0) is 58.4 Å². The van der Waals surface area contributed by atoms with Crippen LogP contribution in [0.1, 0.15) is 71.3 Å². The zero-order valence-corrected chi connectivity index (χ0v) is 17.7. The van der Waals surface area contributed by atoms with Crippen LogP contribution in [0, 0.1) is 5.41 Å². The van der Waals surface area contributed by atoms with Gasteiger partial charge in [0.05, 0.1) is 11.0 Å². The maximum Gasteiger partial charge on any atom is 0.407 e. The summed E-state index contributed by atoms with van der Waals surface area (Å²) in [7, 11) is 0. The number of rotatable bonds is 5. The Labute approximate surface area is 173 Å². The molecule has 3 rings (SSSR count). The minimum atomic E-state index is -1.08. The van der Waals surface area contributed by atoms with E-state index in [0.29, 0.717) is 32.1 Å². The van der Waals surface area contributed by atoms with E-state index in [0.717, 1.165) is 18.4 Å². The Balaban J connectivity index is 1.72. The highest BCUT2D eigenvalue weighted by atomic mass is 16.6. The molecule has 0 bridgehead atoms. The van der Waals surface area contributed by atoms with Crippen molar-refractivity contribution in [3.8, 4) is 0 Å². The number of carbonyl (C=O) groups excluding carboxylic acids is 2. The topological polar surface area (TPSA) is 84.9 Å². The summed E-state index contributed by atoms with van der Waals surface area (Å²) >= 11 is 0. The number of aliphatic hydroxyl groups is 1. The average Bonchev–Trinajstić information content (AvgIpc) is 3.27. The first-order valence-electron chi connectivity index (χ1n) is 10.6. The van der Waals surface area contributed by atoms with E-state index in [9.17, 15) is 14.7 Å². The van der Waals surface area contributed by atoms with E-state index in [1.165, 1.54) is 0 Å². The summed E-state index contributed by atoms with van der Waals surface area (Å²) in [6.07, 6.45) is 3.96. The minimum absolute atomic E-state index is 0.182. The van der Waals surface area contributed by atoms with Crippen LogP contribution in [0.25, 0.3) is 0 Å². The third-order valence-corrected chi connectivity index (χ3v) is 6.16. The second-order valence-electron chi connectivity index (χ2n) is 9.47. The van der Waals surface area contributed by atoms with Crippen molar-refractivity contribution in [2.45, 2.75) is 89.6 Å². The first-order valence-corrected chi connectivity index (χ1v) is 10.6. The third-order valence-electron chi connectivity index (χ3n) is 6.16. The molecular weight excluding hydrogens is 370 g/mol. The molecule has 6 heteroatoms. The fourth-order valence-electron chi connectivity index (χ4n) is 4.74. The monoisotopic (exact) mass is 403 g/mol. The van der Waals surface area contributed by atoms with Crippen molar-refractivity contribution in [1.29, 1.82) is 0 Å². The van der Waals surface area contributed by atoms with Crippen LogP contribution in [0.2, 0.25) is 0 Å². The molecule has 0 aromatic heterocycles. The molecule has 2 aliphatic carbocycles. The molecule has 0 unspecified atom stereocenters. The number of esters is 1. The van der Waals surface area contributed by atoms with E-state index in [2.05, 4.69) is 5.32 Å². The largest absolute Gasteiger partial charge is 0.460 e. The van der Waals surface area contributed by atoms with Crippen molar-refractivity contribution in [2.24, 2.45) is 5.41 Å². The molecule has 2 atom stereocenters. The summed E-state index contributed by atoms with van der Waals surface area (Å²) in [5.41, 5.74) is -1.74. The lowest BCUT2D eigenvalue weighted by molar-refractivity contribution is -0.177. The zero-order valence-electron chi connectivity index (χ0n) is 17.7. The zero-order chi connectivity index (χ0) is 21.1. The number of benzene rings is 1. The van der Waals surface area contributed by atoms with Gasteiger partial charge in [-0.3, -0.25) is 4.79 Å². The van der Waals surface area contributed by atoms with Crippen molar-refractivity contribution in [3.63, 3.8) is 0 Å². The van der Waals surface area contributed by atoms with Gasteiger partial charge in [-0.15, -0.1) is 0 Å². The summed E-state index contributed by atoms with van der Waals surface area (Å²) in [5.74, 6) is -0.362. The Morgan fingerprint density at radius 1 is 1.14 bits per heavy atom. The normalized spacial score (nSPS) is 26.1. The lowest BCUT2D eigenvalue weighted by Crippen LogP contribution is -2.52. The Hall–Kier alpha value is -2.08. The summed E-state index contributed by atoms with van der Waals surface area (Å²) in [4.78, 5) is 25.5. The lowest BCUT2D eigenvalue weighted by Gasteiger charge is -2.40. The van der Waals surface area contributed by atoms with Crippen LogP contribution in [0.15, 0.2) is 30.3 Å². The van der Waals surface area contributed by atoms with Crippen molar-refractivity contribution in [3.05, 3.63) is 35.9 Å². The second kappa shape index (κ2) is 8.34. The molecule has 1 aromatic rings. The highest BCUT2D eigenvalue weighted by Gasteiger charge is 2.60. The van der Waals surface area contributed by atoms with Gasteiger partial charge in [0.1, 0.15) is 12.2 Å². The summed E-state index contributed by atoms with van der Waals surface area (Å²) in [6.45, 7) is 5.62. The van der Waals surface area contributed by atoms with Gasteiger partial charge >= 0.3 is 12.1 Å². The molecule has 160 valence electrons. The van der Waals surface area contributed by atoms with Gasteiger partial charge in [0, 0.05) is 6.04 Å². The molecule has 0 aliphatic heterocycles. The summed E-state index contributed by atoms with van der Waals surface area (Å²) in [5, 5.41) is 14.3. The first kappa shape index (κ1) is 21.6. The van der Waals surface area contributed by atoms with Gasteiger partial charge in [-0.25, -0.2) is 4.79 Å². The number of carbonyl (C=O) groups is 2. The Morgan fingerprint density at radius 2 is 1.79 bits per heavy atom. The van der Waals surface area contributed by atoms with Crippen molar-refractivity contribution in [1.82, 2.24) is 5.32 Å². The highest BCUT2D eigenvalue weighted by molar-refractivity contribution is 5.79. The van der Waals surface area contributed by atoms with Crippen molar-refractivity contribution < 1.29 is 24.2 Å². The molecule has 1 amide bonds. The number of nitrogens with one attached hydrogen (secondary N) is 1. The number of alkyl carbamates (subject to hydrolysis) is 1. The van der Waals surface area contributed by atoms with Crippen molar-refractivity contribution in [2.75, 3.05) is 0 Å². The van der Waals surface area contributed by atoms with Crippen molar-refractivity contribution >= 4 is 12.1 Å². The Kier molecular flexibility index (Phi) is 6.22. The van der Waals surface area contributed by atoms with Crippen LogP contribution >= 0.6 is 0 Å². The van der Waals surface area contributed by atoms with Gasteiger partial charge < -0.3 is 19.9 Å². The second-order valence-corrected chi connectivity index (χ2v) is 9.47. The van der Waals surface area contributed by atoms with E-state index < -0.39 is 22.7 Å². The third kappa shape index (κ3) is 4.92. The first-order chi connectivity index (χ1) is 13.6. The van der Waals surface area contributed by atoms with E-state index in [1.807, 2.05) is 51.1 Å². The minimum Gasteiger partial charge on any atom is -0.460 e. The summed E-state index contributed by atoms with van der Waals surface area (Å²) in [6, 6.07) is 9.31. The summed E-state index contributed by atoms with van der Waals surface area (Å²) < 4.78 is 11.0. The van der Waals surface area contributed by atoms with Crippen LogP contribution in [-0.2, 0) is 20.9 Å². The smallest absolute Gasteiger partial charge is 0.407 e. The van der Waals surface area contributed by atoms with Gasteiger partial charge in [0.15, 0.2) is 0 Å². The fraction of sp³-hybridized carbons (Fsp3) is 0.652. The van der Waals surface area contributed by atoms with Crippen LogP contribution < -0.4 is 5.32 Å². The predicted molar refractivity (Wildman–Crippen MR) is 109 cm³/mol. The molecular formula is C23H33NO5. The number of amides is 1. The quantitative estimate of drug-likeness (QED) is 0.723.